The van der Waals surface area contributed by atoms with Crippen LogP contribution in [0.5, 0.6) is 11.5 Å². The normalized spacial score (nSPS) is 11.2. The summed E-state index contributed by atoms with van der Waals surface area (Å²) in [5.74, 6) is 1.35. The Hall–Kier alpha value is -4.42. The van der Waals surface area contributed by atoms with Crippen LogP contribution in [0.3, 0.4) is 0 Å². The van der Waals surface area contributed by atoms with Crippen LogP contribution < -0.4 is 20.5 Å². The summed E-state index contributed by atoms with van der Waals surface area (Å²) in [7, 11) is 0. The van der Waals surface area contributed by atoms with Crippen molar-refractivity contribution in [3.05, 3.63) is 96.6 Å². The third-order valence-electron chi connectivity index (χ3n) is 5.09. The Labute approximate surface area is 223 Å². The van der Waals surface area contributed by atoms with Crippen LogP contribution in [0.25, 0.3) is 0 Å². The van der Waals surface area contributed by atoms with E-state index < -0.39 is 0 Å². The number of benzene rings is 4. The zero-order chi connectivity index (χ0) is 26.6. The van der Waals surface area contributed by atoms with Crippen LogP contribution in [0.4, 0.5) is 28.4 Å². The fraction of sp³-hybridized carbons (Fsp3) is 0.0741. The molecule has 0 amide bonds. The lowest BCUT2D eigenvalue weighted by atomic mass is 10.2. The van der Waals surface area contributed by atoms with Crippen molar-refractivity contribution in [3.63, 3.8) is 0 Å². The average molecular weight is 532 g/mol. The number of aliphatic imine (C=N–C) groups is 1. The highest BCUT2D eigenvalue weighted by molar-refractivity contribution is 7.94. The van der Waals surface area contributed by atoms with E-state index in [1.165, 1.54) is 6.40 Å². The van der Waals surface area contributed by atoms with Gasteiger partial charge in [-0.1, -0.05) is 5.04 Å². The van der Waals surface area contributed by atoms with E-state index in [4.69, 9.17) is 20.5 Å². The van der Waals surface area contributed by atoms with Crippen LogP contribution in [0, 0.1) is 6.92 Å². The predicted octanol–water partition coefficient (Wildman–Crippen LogP) is 7.61. The molecule has 0 aliphatic rings. The van der Waals surface area contributed by atoms with E-state index in [0.717, 1.165) is 39.6 Å². The van der Waals surface area contributed by atoms with Crippen molar-refractivity contribution in [1.82, 2.24) is 0 Å². The molecule has 0 radical (unpaired) electrons. The number of ether oxygens (including phenoxy) is 2. The van der Waals surface area contributed by atoms with Gasteiger partial charge in [0.15, 0.2) is 13.1 Å². The lowest BCUT2D eigenvalue weighted by Crippen LogP contribution is -2.08. The number of azo groups is 1. The standard InChI is InChI=1S/C27H25N5O5S/c1-19-16-23(30-18-35-24-9-2-20(28)3-10-24)8-15-27(19)32-31-22-4-11-25(12-5-22)34-17-29-21-6-13-26(14-7-21)38-37-36-33/h2-17,30,33H,18,28H2,1H3. The Morgan fingerprint density at radius 3 is 2.29 bits per heavy atom. The van der Waals surface area contributed by atoms with E-state index >= 15 is 0 Å². The van der Waals surface area contributed by atoms with Crippen LogP contribution in [0.1, 0.15) is 5.56 Å². The van der Waals surface area contributed by atoms with Gasteiger partial charge in [-0.05, 0) is 103 Å². The van der Waals surface area contributed by atoms with E-state index in [-0.39, 0.29) is 0 Å². The molecule has 0 aromatic heterocycles. The number of hydrogen-bond acceptors (Lipinski definition) is 11. The molecule has 0 atom stereocenters. The van der Waals surface area contributed by atoms with Crippen molar-refractivity contribution < 1.29 is 24.1 Å². The van der Waals surface area contributed by atoms with Crippen LogP contribution in [-0.4, -0.2) is 18.4 Å². The van der Waals surface area contributed by atoms with Crippen LogP contribution in [0.15, 0.2) is 111 Å². The first-order valence-corrected chi connectivity index (χ1v) is 12.1. The zero-order valence-electron chi connectivity index (χ0n) is 20.4. The smallest absolute Gasteiger partial charge is 0.181 e. The molecule has 4 aromatic carbocycles. The molecule has 0 saturated carbocycles. The Morgan fingerprint density at radius 2 is 1.58 bits per heavy atom. The first-order valence-electron chi connectivity index (χ1n) is 11.4. The molecule has 4 rings (SSSR count). The first-order chi connectivity index (χ1) is 18.6. The van der Waals surface area contributed by atoms with Gasteiger partial charge in [-0.25, -0.2) is 10.2 Å². The van der Waals surface area contributed by atoms with E-state index in [9.17, 15) is 0 Å². The monoisotopic (exact) mass is 531 g/mol. The maximum absolute atomic E-state index is 8.18. The molecule has 38 heavy (non-hydrogen) atoms. The number of rotatable bonds is 12. The molecule has 0 aliphatic carbocycles. The molecule has 0 spiro atoms. The molecule has 4 aromatic rings. The SMILES string of the molecule is Cc1cc(NCOc2ccc(N)cc2)ccc1N=Nc1ccc(OC=Nc2ccc(SOOO)cc2)cc1. The minimum atomic E-state index is 0.325. The molecule has 4 N–H and O–H groups in total. The summed E-state index contributed by atoms with van der Waals surface area (Å²) in [6.07, 6.45) is 1.35. The molecule has 11 heteroatoms. The fourth-order valence-electron chi connectivity index (χ4n) is 3.14. The van der Waals surface area contributed by atoms with Gasteiger partial charge in [0.05, 0.1) is 29.1 Å². The summed E-state index contributed by atoms with van der Waals surface area (Å²) in [6.45, 7) is 2.30. The van der Waals surface area contributed by atoms with Crippen LogP contribution in [0.2, 0.25) is 0 Å². The molecule has 0 fully saturated rings. The third-order valence-corrected chi connectivity index (χ3v) is 5.68. The Bertz CT molecular complexity index is 1360. The van der Waals surface area contributed by atoms with Crippen LogP contribution >= 0.6 is 12.0 Å². The summed E-state index contributed by atoms with van der Waals surface area (Å²) < 4.78 is 15.6. The van der Waals surface area contributed by atoms with Crippen molar-refractivity contribution in [2.45, 2.75) is 11.8 Å². The lowest BCUT2D eigenvalue weighted by molar-refractivity contribution is -0.432. The maximum Gasteiger partial charge on any atom is 0.181 e. The van der Waals surface area contributed by atoms with Crippen molar-refractivity contribution in [1.29, 1.82) is 0 Å². The molecular weight excluding hydrogens is 506 g/mol. The number of nitrogens with two attached hydrogens (primary N) is 1. The van der Waals surface area contributed by atoms with Gasteiger partial charge in [-0.15, -0.1) is 4.33 Å². The Morgan fingerprint density at radius 1 is 0.868 bits per heavy atom. The fourth-order valence-corrected chi connectivity index (χ4v) is 3.49. The number of nitrogens with zero attached hydrogens (tertiary/aromatic N) is 3. The van der Waals surface area contributed by atoms with Gasteiger partial charge in [0.2, 0.25) is 0 Å². The van der Waals surface area contributed by atoms with Crippen molar-refractivity contribution in [2.24, 2.45) is 15.2 Å². The Kier molecular flexibility index (Phi) is 9.65. The van der Waals surface area contributed by atoms with E-state index in [2.05, 4.69) is 29.9 Å². The van der Waals surface area contributed by atoms with Gasteiger partial charge in [-0.2, -0.15) is 10.2 Å². The number of nitrogen functional groups attached to an aromatic ring is 1. The number of hydrogen-bond donors (Lipinski definition) is 3. The molecule has 0 aliphatic heterocycles. The quantitative estimate of drug-likeness (QED) is 0.0249. The molecule has 0 unspecified atom stereocenters. The van der Waals surface area contributed by atoms with Crippen molar-refractivity contribution >= 4 is 46.9 Å². The maximum atomic E-state index is 8.18. The minimum absolute atomic E-state index is 0.325. The second kappa shape index (κ2) is 13.8. The summed E-state index contributed by atoms with van der Waals surface area (Å²) in [5.41, 5.74) is 10.4. The van der Waals surface area contributed by atoms with E-state index in [0.29, 0.717) is 29.5 Å². The second-order valence-electron chi connectivity index (χ2n) is 7.80. The highest BCUT2D eigenvalue weighted by Crippen LogP contribution is 2.26. The highest BCUT2D eigenvalue weighted by Gasteiger charge is 2.01. The van der Waals surface area contributed by atoms with Crippen molar-refractivity contribution in [3.8, 4) is 11.5 Å². The van der Waals surface area contributed by atoms with E-state index in [1.54, 1.807) is 48.5 Å². The van der Waals surface area contributed by atoms with Crippen molar-refractivity contribution in [2.75, 3.05) is 17.8 Å². The summed E-state index contributed by atoms with van der Waals surface area (Å²) in [4.78, 5) is 4.98. The predicted molar refractivity (Wildman–Crippen MR) is 148 cm³/mol. The Balaban J connectivity index is 1.25. The van der Waals surface area contributed by atoms with E-state index in [1.807, 2.05) is 49.4 Å². The lowest BCUT2D eigenvalue weighted by Gasteiger charge is -2.10. The highest BCUT2D eigenvalue weighted by atomic mass is 32.2. The molecule has 0 saturated heterocycles. The number of aryl methyl sites for hydroxylation is 1. The zero-order valence-corrected chi connectivity index (χ0v) is 21.2. The van der Waals surface area contributed by atoms with Gasteiger partial charge in [-0.3, -0.25) is 0 Å². The minimum Gasteiger partial charge on any atom is -0.473 e. The summed E-state index contributed by atoms with van der Waals surface area (Å²) >= 11 is 0.875. The number of nitrogens with one attached hydrogen (secondary N) is 1. The van der Waals surface area contributed by atoms with Gasteiger partial charge in [0.1, 0.15) is 11.5 Å². The number of anilines is 2. The van der Waals surface area contributed by atoms with Gasteiger partial charge in [0, 0.05) is 16.3 Å². The van der Waals surface area contributed by atoms with Gasteiger partial charge < -0.3 is 20.5 Å². The molecule has 0 heterocycles. The first kappa shape index (κ1) is 26.6. The third kappa shape index (κ3) is 8.32. The molecule has 10 nitrogen and oxygen atoms in total. The molecule has 0 bridgehead atoms. The second-order valence-corrected chi connectivity index (χ2v) is 8.58. The van der Waals surface area contributed by atoms with Gasteiger partial charge >= 0.3 is 0 Å². The van der Waals surface area contributed by atoms with Crippen LogP contribution in [-0.2, 0) is 9.37 Å². The molecular formula is C27H25N5O5S. The summed E-state index contributed by atoms with van der Waals surface area (Å²) in [5, 5.41) is 23.7. The summed E-state index contributed by atoms with van der Waals surface area (Å²) in [6, 6.07) is 27.3. The average Bonchev–Trinajstić information content (AvgIpc) is 2.94. The molecule has 194 valence electrons. The van der Waals surface area contributed by atoms with Gasteiger partial charge in [0.25, 0.3) is 0 Å². The largest absolute Gasteiger partial charge is 0.473 e. The topological polar surface area (TPSA) is 132 Å².